The highest BCUT2D eigenvalue weighted by Crippen LogP contribution is 2.22. The van der Waals surface area contributed by atoms with Gasteiger partial charge in [0.2, 0.25) is 0 Å². The van der Waals surface area contributed by atoms with Crippen molar-refractivity contribution in [3.05, 3.63) is 82.7 Å². The second-order valence-corrected chi connectivity index (χ2v) is 8.75. The standard InChI is InChI=1S/C20H16N2O4S2/c1-14(16-6-4-15(13-21)5-7-16)26-20(23)17-8-10-18(11-9-17)22-28(24,25)19-3-2-12-27-19/h2-12,14,22H,1H3. The maximum atomic E-state index is 12.3. The van der Waals surface area contributed by atoms with Gasteiger partial charge in [0.25, 0.3) is 10.0 Å². The minimum absolute atomic E-state index is 0.215. The van der Waals surface area contributed by atoms with Gasteiger partial charge in [-0.05, 0) is 60.3 Å². The molecule has 3 rings (SSSR count). The fraction of sp³-hybridized carbons (Fsp3) is 0.100. The van der Waals surface area contributed by atoms with Crippen molar-refractivity contribution in [1.82, 2.24) is 0 Å². The Morgan fingerprint density at radius 2 is 1.79 bits per heavy atom. The number of ether oxygens (including phenoxy) is 1. The van der Waals surface area contributed by atoms with Crippen LogP contribution >= 0.6 is 11.3 Å². The van der Waals surface area contributed by atoms with Crippen molar-refractivity contribution in [2.75, 3.05) is 4.72 Å². The third-order valence-corrected chi connectivity index (χ3v) is 6.70. The zero-order valence-electron chi connectivity index (χ0n) is 14.8. The molecule has 0 aliphatic carbocycles. The summed E-state index contributed by atoms with van der Waals surface area (Å²) in [6, 6.07) is 18.0. The van der Waals surface area contributed by atoms with E-state index < -0.39 is 22.1 Å². The predicted molar refractivity (Wildman–Crippen MR) is 107 cm³/mol. The molecule has 142 valence electrons. The van der Waals surface area contributed by atoms with Gasteiger partial charge in [-0.25, -0.2) is 13.2 Å². The van der Waals surface area contributed by atoms with Crippen molar-refractivity contribution in [2.24, 2.45) is 0 Å². The van der Waals surface area contributed by atoms with Gasteiger partial charge < -0.3 is 4.74 Å². The summed E-state index contributed by atoms with van der Waals surface area (Å²) in [5.41, 5.74) is 1.96. The minimum Gasteiger partial charge on any atom is -0.454 e. The summed E-state index contributed by atoms with van der Waals surface area (Å²) in [6.45, 7) is 1.74. The molecule has 28 heavy (non-hydrogen) atoms. The Morgan fingerprint density at radius 3 is 2.36 bits per heavy atom. The number of thiophene rings is 1. The van der Waals surface area contributed by atoms with Crippen LogP contribution in [0.5, 0.6) is 0 Å². The van der Waals surface area contributed by atoms with Crippen LogP contribution in [-0.2, 0) is 14.8 Å². The highest BCUT2D eigenvalue weighted by Gasteiger charge is 2.17. The molecular formula is C20H16N2O4S2. The monoisotopic (exact) mass is 412 g/mol. The number of nitrogens with zero attached hydrogens (tertiary/aromatic N) is 1. The molecule has 1 atom stereocenters. The van der Waals surface area contributed by atoms with Gasteiger partial charge >= 0.3 is 5.97 Å². The Morgan fingerprint density at radius 1 is 1.11 bits per heavy atom. The molecule has 0 fully saturated rings. The number of benzene rings is 2. The zero-order valence-corrected chi connectivity index (χ0v) is 16.5. The molecule has 0 spiro atoms. The van der Waals surface area contributed by atoms with Crippen LogP contribution in [0.1, 0.15) is 34.5 Å². The summed E-state index contributed by atoms with van der Waals surface area (Å²) in [4.78, 5) is 12.3. The van der Waals surface area contributed by atoms with E-state index in [1.807, 2.05) is 6.07 Å². The maximum Gasteiger partial charge on any atom is 0.338 e. The van der Waals surface area contributed by atoms with E-state index in [4.69, 9.17) is 10.00 Å². The number of anilines is 1. The molecule has 3 aromatic rings. The van der Waals surface area contributed by atoms with Crippen molar-refractivity contribution in [2.45, 2.75) is 17.2 Å². The Bertz CT molecular complexity index is 1100. The minimum atomic E-state index is -3.63. The van der Waals surface area contributed by atoms with Crippen molar-refractivity contribution < 1.29 is 17.9 Å². The van der Waals surface area contributed by atoms with Crippen LogP contribution in [0.15, 0.2) is 70.3 Å². The first-order valence-electron chi connectivity index (χ1n) is 8.26. The number of carbonyl (C=O) groups excluding carboxylic acids is 1. The van der Waals surface area contributed by atoms with E-state index in [1.165, 1.54) is 30.3 Å². The molecular weight excluding hydrogens is 396 g/mol. The largest absolute Gasteiger partial charge is 0.454 e. The molecule has 8 heteroatoms. The average molecular weight is 412 g/mol. The molecule has 1 N–H and O–H groups in total. The van der Waals surface area contributed by atoms with Crippen molar-refractivity contribution in [1.29, 1.82) is 5.26 Å². The Kier molecular flexibility index (Phi) is 5.78. The number of sulfonamides is 1. The number of hydrogen-bond donors (Lipinski definition) is 1. The van der Waals surface area contributed by atoms with E-state index in [1.54, 1.807) is 42.6 Å². The summed E-state index contributed by atoms with van der Waals surface area (Å²) in [7, 11) is -3.63. The first-order valence-corrected chi connectivity index (χ1v) is 10.6. The second-order valence-electron chi connectivity index (χ2n) is 5.90. The molecule has 1 aromatic heterocycles. The van der Waals surface area contributed by atoms with Crippen molar-refractivity contribution >= 4 is 33.0 Å². The van der Waals surface area contributed by atoms with Gasteiger partial charge in [-0.3, -0.25) is 4.72 Å². The van der Waals surface area contributed by atoms with Gasteiger partial charge in [-0.1, -0.05) is 18.2 Å². The lowest BCUT2D eigenvalue weighted by atomic mass is 10.1. The smallest absolute Gasteiger partial charge is 0.338 e. The van der Waals surface area contributed by atoms with E-state index in [9.17, 15) is 13.2 Å². The van der Waals surface area contributed by atoms with Crippen LogP contribution in [0, 0.1) is 11.3 Å². The summed E-state index contributed by atoms with van der Waals surface area (Å²) >= 11 is 1.12. The molecule has 1 heterocycles. The van der Waals surface area contributed by atoms with Crippen LogP contribution in [0.3, 0.4) is 0 Å². The second kappa shape index (κ2) is 8.25. The van der Waals surface area contributed by atoms with Crippen LogP contribution in [-0.4, -0.2) is 14.4 Å². The van der Waals surface area contributed by atoms with E-state index in [-0.39, 0.29) is 4.21 Å². The van der Waals surface area contributed by atoms with E-state index in [2.05, 4.69) is 4.72 Å². The molecule has 2 aromatic carbocycles. The molecule has 0 aliphatic rings. The number of nitriles is 1. The molecule has 0 amide bonds. The average Bonchev–Trinajstić information content (AvgIpc) is 3.24. The molecule has 0 saturated heterocycles. The zero-order chi connectivity index (χ0) is 20.1. The third-order valence-electron chi connectivity index (χ3n) is 3.93. The van der Waals surface area contributed by atoms with Gasteiger partial charge in [-0.15, -0.1) is 11.3 Å². The number of nitrogens with one attached hydrogen (secondary N) is 1. The Balaban J connectivity index is 1.65. The van der Waals surface area contributed by atoms with Gasteiger partial charge in [0.1, 0.15) is 10.3 Å². The van der Waals surface area contributed by atoms with Crippen LogP contribution in [0.2, 0.25) is 0 Å². The predicted octanol–water partition coefficient (Wildman–Crippen LogP) is 4.34. The van der Waals surface area contributed by atoms with Gasteiger partial charge in [-0.2, -0.15) is 5.26 Å². The van der Waals surface area contributed by atoms with E-state index in [0.29, 0.717) is 16.8 Å². The lowest BCUT2D eigenvalue weighted by Gasteiger charge is -2.14. The van der Waals surface area contributed by atoms with Crippen LogP contribution in [0.25, 0.3) is 0 Å². The fourth-order valence-corrected chi connectivity index (χ4v) is 4.47. The molecule has 0 bridgehead atoms. The lowest BCUT2D eigenvalue weighted by Crippen LogP contribution is -2.12. The summed E-state index contributed by atoms with van der Waals surface area (Å²) in [6.07, 6.45) is -0.489. The SMILES string of the molecule is CC(OC(=O)c1ccc(NS(=O)(=O)c2cccs2)cc1)c1ccc(C#N)cc1. The number of hydrogen-bond acceptors (Lipinski definition) is 6. The maximum absolute atomic E-state index is 12.3. The quantitative estimate of drug-likeness (QED) is 0.608. The molecule has 6 nitrogen and oxygen atoms in total. The summed E-state index contributed by atoms with van der Waals surface area (Å²) in [5.74, 6) is -0.524. The van der Waals surface area contributed by atoms with E-state index >= 15 is 0 Å². The Labute approximate surface area is 167 Å². The summed E-state index contributed by atoms with van der Waals surface area (Å²) in [5, 5.41) is 10.5. The van der Waals surface area contributed by atoms with Crippen molar-refractivity contribution in [3.63, 3.8) is 0 Å². The number of carbonyl (C=O) groups is 1. The topological polar surface area (TPSA) is 96.3 Å². The summed E-state index contributed by atoms with van der Waals surface area (Å²) < 4.78 is 32.6. The third kappa shape index (κ3) is 4.57. The molecule has 0 aliphatic heterocycles. The lowest BCUT2D eigenvalue weighted by molar-refractivity contribution is 0.0338. The number of rotatable bonds is 6. The highest BCUT2D eigenvalue weighted by molar-refractivity contribution is 7.94. The number of esters is 1. The van der Waals surface area contributed by atoms with Crippen LogP contribution in [0.4, 0.5) is 5.69 Å². The van der Waals surface area contributed by atoms with Gasteiger partial charge in [0.05, 0.1) is 17.2 Å². The van der Waals surface area contributed by atoms with Gasteiger partial charge in [0, 0.05) is 5.69 Å². The first-order chi connectivity index (χ1) is 13.4. The Hall–Kier alpha value is -3.15. The highest BCUT2D eigenvalue weighted by atomic mass is 32.2. The van der Waals surface area contributed by atoms with Gasteiger partial charge in [0.15, 0.2) is 0 Å². The molecule has 1 unspecified atom stereocenters. The molecule has 0 radical (unpaired) electrons. The first kappa shape index (κ1) is 19.6. The normalized spacial score (nSPS) is 12.0. The fourth-order valence-electron chi connectivity index (χ4n) is 2.42. The van der Waals surface area contributed by atoms with Crippen molar-refractivity contribution in [3.8, 4) is 6.07 Å². The van der Waals surface area contributed by atoms with Crippen LogP contribution < -0.4 is 4.72 Å². The molecule has 0 saturated carbocycles. The van der Waals surface area contributed by atoms with E-state index in [0.717, 1.165) is 16.9 Å².